The number of likely N-dealkylation sites (tertiary alicyclic amines) is 1. The fourth-order valence-corrected chi connectivity index (χ4v) is 2.46. The maximum absolute atomic E-state index is 12.3. The summed E-state index contributed by atoms with van der Waals surface area (Å²) in [6.45, 7) is 3.52. The van der Waals surface area contributed by atoms with Gasteiger partial charge in [0.15, 0.2) is 0 Å². The van der Waals surface area contributed by atoms with Gasteiger partial charge in [0.2, 0.25) is 0 Å². The highest BCUT2D eigenvalue weighted by Crippen LogP contribution is 2.21. The number of nitrogens with zero attached hydrogens (tertiary/aromatic N) is 1. The highest BCUT2D eigenvalue weighted by molar-refractivity contribution is 5.94. The Balaban J connectivity index is 2.14. The van der Waals surface area contributed by atoms with Crippen LogP contribution in [0.4, 0.5) is 0 Å². The zero-order valence-electron chi connectivity index (χ0n) is 11.1. The molecule has 0 bridgehead atoms. The maximum atomic E-state index is 12.3. The first kappa shape index (κ1) is 13.6. The molecule has 4 heteroatoms. The minimum Gasteiger partial charge on any atom is -0.481 e. The molecular weight excluding hydrogens is 242 g/mol. The van der Waals surface area contributed by atoms with Gasteiger partial charge in [0.25, 0.3) is 5.91 Å². The monoisotopic (exact) mass is 261 g/mol. The largest absolute Gasteiger partial charge is 0.481 e. The van der Waals surface area contributed by atoms with E-state index in [0.717, 1.165) is 31.5 Å². The minimum absolute atomic E-state index is 0.0573. The van der Waals surface area contributed by atoms with Gasteiger partial charge in [-0.1, -0.05) is 19.1 Å². The molecule has 0 aromatic heterocycles. The predicted molar refractivity (Wildman–Crippen MR) is 72.2 cm³/mol. The summed E-state index contributed by atoms with van der Waals surface area (Å²) in [6, 6.07) is 7.34. The number of aliphatic carboxylic acids is 1. The van der Waals surface area contributed by atoms with Crippen LogP contribution in [0.15, 0.2) is 24.3 Å². The third-order valence-electron chi connectivity index (χ3n) is 3.58. The lowest BCUT2D eigenvalue weighted by atomic mass is 9.96. The van der Waals surface area contributed by atoms with Crippen LogP contribution in [-0.4, -0.2) is 35.0 Å². The van der Waals surface area contributed by atoms with E-state index >= 15 is 0 Å². The Morgan fingerprint density at radius 3 is 2.63 bits per heavy atom. The van der Waals surface area contributed by atoms with Gasteiger partial charge in [-0.3, -0.25) is 9.59 Å². The quantitative estimate of drug-likeness (QED) is 0.906. The normalized spacial score (nSPS) is 16.4. The highest BCUT2D eigenvalue weighted by Gasteiger charge is 2.20. The van der Waals surface area contributed by atoms with Crippen molar-refractivity contribution < 1.29 is 14.7 Å². The van der Waals surface area contributed by atoms with Crippen LogP contribution >= 0.6 is 0 Å². The second-order valence-corrected chi connectivity index (χ2v) is 5.12. The Morgan fingerprint density at radius 1 is 1.32 bits per heavy atom. The second-order valence-electron chi connectivity index (χ2n) is 5.12. The van der Waals surface area contributed by atoms with E-state index in [1.807, 2.05) is 30.0 Å². The van der Waals surface area contributed by atoms with Gasteiger partial charge in [0, 0.05) is 18.7 Å². The number of amides is 1. The number of hydrogen-bond acceptors (Lipinski definition) is 2. The molecule has 2 rings (SSSR count). The zero-order valence-corrected chi connectivity index (χ0v) is 11.1. The van der Waals surface area contributed by atoms with Crippen molar-refractivity contribution in [1.29, 1.82) is 0 Å². The van der Waals surface area contributed by atoms with Gasteiger partial charge in [-0.05, 0) is 36.5 Å². The molecule has 1 fully saturated rings. The summed E-state index contributed by atoms with van der Waals surface area (Å²) in [7, 11) is 0. The van der Waals surface area contributed by atoms with Crippen LogP contribution in [0.2, 0.25) is 0 Å². The van der Waals surface area contributed by atoms with Gasteiger partial charge in [-0.25, -0.2) is 0 Å². The fourth-order valence-electron chi connectivity index (χ4n) is 2.46. The topological polar surface area (TPSA) is 57.6 Å². The Kier molecular flexibility index (Phi) is 4.20. The van der Waals surface area contributed by atoms with E-state index in [-0.39, 0.29) is 18.2 Å². The van der Waals surface area contributed by atoms with E-state index in [1.54, 1.807) is 6.07 Å². The Bertz CT molecular complexity index is 478. The first-order chi connectivity index (χ1) is 9.08. The van der Waals surface area contributed by atoms with Crippen molar-refractivity contribution in [3.05, 3.63) is 35.4 Å². The molecule has 1 saturated heterocycles. The summed E-state index contributed by atoms with van der Waals surface area (Å²) in [5, 5.41) is 8.82. The third kappa shape index (κ3) is 3.34. The van der Waals surface area contributed by atoms with Crippen molar-refractivity contribution in [3.63, 3.8) is 0 Å². The van der Waals surface area contributed by atoms with E-state index in [0.29, 0.717) is 5.56 Å². The van der Waals surface area contributed by atoms with Crippen molar-refractivity contribution in [3.8, 4) is 0 Å². The van der Waals surface area contributed by atoms with Crippen LogP contribution in [0.3, 0.4) is 0 Å². The molecule has 1 aliphatic rings. The first-order valence-electron chi connectivity index (χ1n) is 6.69. The van der Waals surface area contributed by atoms with E-state index in [2.05, 4.69) is 0 Å². The number of rotatable bonds is 4. The molecule has 0 spiro atoms. The Hall–Kier alpha value is -1.84. The van der Waals surface area contributed by atoms with Crippen LogP contribution in [0.1, 0.15) is 48.0 Å². The molecule has 1 aromatic carbocycles. The molecule has 0 saturated carbocycles. The van der Waals surface area contributed by atoms with Gasteiger partial charge in [0.1, 0.15) is 0 Å². The van der Waals surface area contributed by atoms with Crippen LogP contribution < -0.4 is 0 Å². The maximum Gasteiger partial charge on any atom is 0.303 e. The Labute approximate surface area is 113 Å². The Morgan fingerprint density at radius 2 is 2.00 bits per heavy atom. The molecule has 19 heavy (non-hydrogen) atoms. The lowest BCUT2D eigenvalue weighted by molar-refractivity contribution is -0.137. The smallest absolute Gasteiger partial charge is 0.303 e. The van der Waals surface area contributed by atoms with Crippen LogP contribution in [0.5, 0.6) is 0 Å². The van der Waals surface area contributed by atoms with E-state index in [9.17, 15) is 9.59 Å². The standard InChI is InChI=1S/C15H19NO3/c1-11(9-14(17)18)12-5-4-6-13(10-12)15(19)16-7-2-3-8-16/h4-6,10-11H,2-3,7-9H2,1H3,(H,17,18). The van der Waals surface area contributed by atoms with E-state index in [1.165, 1.54) is 0 Å². The molecule has 102 valence electrons. The summed E-state index contributed by atoms with van der Waals surface area (Å²) in [5.74, 6) is -0.838. The lowest BCUT2D eigenvalue weighted by Gasteiger charge is -2.16. The molecule has 0 aliphatic carbocycles. The average molecular weight is 261 g/mol. The van der Waals surface area contributed by atoms with Gasteiger partial charge in [0.05, 0.1) is 6.42 Å². The molecule has 1 amide bonds. The summed E-state index contributed by atoms with van der Waals surface area (Å²) in [4.78, 5) is 24.9. The first-order valence-corrected chi connectivity index (χ1v) is 6.69. The molecule has 1 atom stereocenters. The molecule has 1 aromatic rings. The number of carbonyl (C=O) groups is 2. The van der Waals surface area contributed by atoms with E-state index < -0.39 is 5.97 Å². The zero-order chi connectivity index (χ0) is 13.8. The van der Waals surface area contributed by atoms with Crippen molar-refractivity contribution in [2.75, 3.05) is 13.1 Å². The van der Waals surface area contributed by atoms with E-state index in [4.69, 9.17) is 5.11 Å². The number of carbonyl (C=O) groups excluding carboxylic acids is 1. The van der Waals surface area contributed by atoms with Crippen LogP contribution in [-0.2, 0) is 4.79 Å². The number of hydrogen-bond donors (Lipinski definition) is 1. The fraction of sp³-hybridized carbons (Fsp3) is 0.467. The molecule has 1 unspecified atom stereocenters. The highest BCUT2D eigenvalue weighted by atomic mass is 16.4. The van der Waals surface area contributed by atoms with Crippen LogP contribution in [0.25, 0.3) is 0 Å². The molecule has 4 nitrogen and oxygen atoms in total. The van der Waals surface area contributed by atoms with Gasteiger partial charge in [-0.2, -0.15) is 0 Å². The summed E-state index contributed by atoms with van der Waals surface area (Å²) >= 11 is 0. The second kappa shape index (κ2) is 5.87. The van der Waals surface area contributed by atoms with Gasteiger partial charge in [-0.15, -0.1) is 0 Å². The average Bonchev–Trinajstić information content (AvgIpc) is 2.91. The van der Waals surface area contributed by atoms with Gasteiger partial charge >= 0.3 is 5.97 Å². The summed E-state index contributed by atoms with van der Waals surface area (Å²) in [6.07, 6.45) is 2.23. The predicted octanol–water partition coefficient (Wildman–Crippen LogP) is 2.50. The van der Waals surface area contributed by atoms with Crippen molar-refractivity contribution in [2.24, 2.45) is 0 Å². The van der Waals surface area contributed by atoms with Crippen molar-refractivity contribution in [2.45, 2.75) is 32.1 Å². The van der Waals surface area contributed by atoms with Crippen LogP contribution in [0, 0.1) is 0 Å². The molecular formula is C15H19NO3. The molecule has 1 aliphatic heterocycles. The van der Waals surface area contributed by atoms with Crippen molar-refractivity contribution >= 4 is 11.9 Å². The molecule has 1 N–H and O–H groups in total. The molecule has 1 heterocycles. The number of carboxylic acid groups (broad SMARTS) is 1. The summed E-state index contributed by atoms with van der Waals surface area (Å²) in [5.41, 5.74) is 1.57. The third-order valence-corrected chi connectivity index (χ3v) is 3.58. The lowest BCUT2D eigenvalue weighted by Crippen LogP contribution is -2.27. The minimum atomic E-state index is -0.816. The number of benzene rings is 1. The van der Waals surface area contributed by atoms with Gasteiger partial charge < -0.3 is 10.0 Å². The SMILES string of the molecule is CC(CC(=O)O)c1cccc(C(=O)N2CCCC2)c1. The summed E-state index contributed by atoms with van der Waals surface area (Å²) < 4.78 is 0. The van der Waals surface area contributed by atoms with Crippen molar-refractivity contribution in [1.82, 2.24) is 4.90 Å². The number of carboxylic acids is 1. The molecule has 0 radical (unpaired) electrons.